The Bertz CT molecular complexity index is 801. The van der Waals surface area contributed by atoms with Crippen molar-refractivity contribution < 1.29 is 14.3 Å². The van der Waals surface area contributed by atoms with Gasteiger partial charge in [0.1, 0.15) is 5.75 Å². The number of urea groups is 1. The Hall–Kier alpha value is -2.53. The van der Waals surface area contributed by atoms with E-state index < -0.39 is 0 Å². The first-order chi connectivity index (χ1) is 14.2. The second-order valence-electron chi connectivity index (χ2n) is 7.92. The standard InChI is InChI=1S/C24H30N2O3/c1-2-29-21-10-8-20(9-11-21)24(13-16-28-17-14-24)18-25-23(27)26-15-12-22(26)19-6-4-3-5-7-19/h3-11,22H,2,12-18H2,1H3,(H,25,27). The molecule has 2 aliphatic rings. The van der Waals surface area contributed by atoms with Crippen molar-refractivity contribution in [2.24, 2.45) is 0 Å². The Morgan fingerprint density at radius 2 is 1.86 bits per heavy atom. The maximum absolute atomic E-state index is 12.9. The van der Waals surface area contributed by atoms with Crippen LogP contribution in [0.15, 0.2) is 54.6 Å². The number of hydrogen-bond donors (Lipinski definition) is 1. The normalized spacial score (nSPS) is 20.6. The molecule has 0 bridgehead atoms. The second kappa shape index (κ2) is 8.87. The second-order valence-corrected chi connectivity index (χ2v) is 7.92. The third-order valence-corrected chi connectivity index (χ3v) is 6.27. The van der Waals surface area contributed by atoms with Gasteiger partial charge < -0.3 is 19.7 Å². The molecular weight excluding hydrogens is 364 g/mol. The van der Waals surface area contributed by atoms with Crippen LogP contribution in [-0.4, -0.2) is 43.8 Å². The lowest BCUT2D eigenvalue weighted by Crippen LogP contribution is -2.53. The molecule has 1 atom stereocenters. The molecule has 5 heteroatoms. The average molecular weight is 395 g/mol. The van der Waals surface area contributed by atoms with Gasteiger partial charge in [-0.3, -0.25) is 0 Å². The highest BCUT2D eigenvalue weighted by atomic mass is 16.5. The highest BCUT2D eigenvalue weighted by molar-refractivity contribution is 5.76. The third kappa shape index (κ3) is 4.25. The lowest BCUT2D eigenvalue weighted by molar-refractivity contribution is 0.0486. The van der Waals surface area contributed by atoms with E-state index in [4.69, 9.17) is 9.47 Å². The summed E-state index contributed by atoms with van der Waals surface area (Å²) in [6.45, 7) is 5.53. The summed E-state index contributed by atoms with van der Waals surface area (Å²) in [5, 5.41) is 3.23. The summed E-state index contributed by atoms with van der Waals surface area (Å²) in [4.78, 5) is 14.9. The first-order valence-corrected chi connectivity index (χ1v) is 10.6. The fourth-order valence-corrected chi connectivity index (χ4v) is 4.40. The number of nitrogens with one attached hydrogen (secondary N) is 1. The van der Waals surface area contributed by atoms with Gasteiger partial charge in [-0.05, 0) is 49.4 Å². The molecule has 2 aromatic rings. The fourth-order valence-electron chi connectivity index (χ4n) is 4.40. The maximum atomic E-state index is 12.9. The van der Waals surface area contributed by atoms with Crippen molar-refractivity contribution in [2.75, 3.05) is 32.9 Å². The van der Waals surface area contributed by atoms with E-state index in [0.717, 1.165) is 44.8 Å². The van der Waals surface area contributed by atoms with Crippen LogP contribution < -0.4 is 10.1 Å². The number of ether oxygens (including phenoxy) is 2. The van der Waals surface area contributed by atoms with Crippen LogP contribution in [0.1, 0.15) is 43.4 Å². The number of carbonyl (C=O) groups excluding carboxylic acids is 1. The van der Waals surface area contributed by atoms with Crippen molar-refractivity contribution in [1.29, 1.82) is 0 Å². The van der Waals surface area contributed by atoms with Gasteiger partial charge in [-0.1, -0.05) is 42.5 Å². The molecule has 0 radical (unpaired) electrons. The third-order valence-electron chi connectivity index (χ3n) is 6.27. The molecule has 1 N–H and O–H groups in total. The van der Waals surface area contributed by atoms with Gasteiger partial charge in [-0.25, -0.2) is 4.79 Å². The minimum atomic E-state index is -0.0915. The molecule has 2 fully saturated rings. The molecule has 0 saturated carbocycles. The van der Waals surface area contributed by atoms with E-state index in [-0.39, 0.29) is 17.5 Å². The lowest BCUT2D eigenvalue weighted by Gasteiger charge is -2.43. The van der Waals surface area contributed by atoms with Crippen molar-refractivity contribution in [3.05, 3.63) is 65.7 Å². The number of amides is 2. The molecule has 2 amide bonds. The van der Waals surface area contributed by atoms with E-state index in [2.05, 4.69) is 29.6 Å². The van der Waals surface area contributed by atoms with Crippen LogP contribution in [0.3, 0.4) is 0 Å². The summed E-state index contributed by atoms with van der Waals surface area (Å²) in [5.74, 6) is 0.883. The Morgan fingerprint density at radius 3 is 2.48 bits per heavy atom. The van der Waals surface area contributed by atoms with Crippen molar-refractivity contribution in [3.63, 3.8) is 0 Å². The van der Waals surface area contributed by atoms with Crippen LogP contribution >= 0.6 is 0 Å². The quantitative estimate of drug-likeness (QED) is 0.795. The summed E-state index contributed by atoms with van der Waals surface area (Å²) < 4.78 is 11.2. The van der Waals surface area contributed by atoms with Crippen molar-refractivity contribution in [3.8, 4) is 5.75 Å². The average Bonchev–Trinajstić information content (AvgIpc) is 2.74. The van der Waals surface area contributed by atoms with Crippen LogP contribution in [0.2, 0.25) is 0 Å². The van der Waals surface area contributed by atoms with Crippen LogP contribution in [0.25, 0.3) is 0 Å². The summed E-state index contributed by atoms with van der Waals surface area (Å²) in [6.07, 6.45) is 2.84. The Morgan fingerprint density at radius 1 is 1.14 bits per heavy atom. The predicted molar refractivity (Wildman–Crippen MR) is 113 cm³/mol. The zero-order valence-electron chi connectivity index (χ0n) is 17.1. The number of carbonyl (C=O) groups is 1. The SMILES string of the molecule is CCOc1ccc(C2(CNC(=O)N3CCC3c3ccccc3)CCOCC2)cc1. The van der Waals surface area contributed by atoms with Crippen LogP contribution in [0.4, 0.5) is 4.79 Å². The molecule has 2 aromatic carbocycles. The number of rotatable bonds is 6. The minimum absolute atomic E-state index is 0.0295. The van der Waals surface area contributed by atoms with Crippen molar-refractivity contribution >= 4 is 6.03 Å². The summed E-state index contributed by atoms with van der Waals surface area (Å²) in [5.41, 5.74) is 2.36. The molecule has 5 nitrogen and oxygen atoms in total. The van der Waals surface area contributed by atoms with E-state index in [1.165, 1.54) is 11.1 Å². The van der Waals surface area contributed by atoms with Gasteiger partial charge in [0.25, 0.3) is 0 Å². The van der Waals surface area contributed by atoms with E-state index in [0.29, 0.717) is 13.2 Å². The van der Waals surface area contributed by atoms with E-state index in [9.17, 15) is 4.79 Å². The maximum Gasteiger partial charge on any atom is 0.317 e. The molecular formula is C24H30N2O3. The van der Waals surface area contributed by atoms with Gasteiger partial charge in [0.05, 0.1) is 12.6 Å². The van der Waals surface area contributed by atoms with Crippen LogP contribution in [0, 0.1) is 0 Å². The van der Waals surface area contributed by atoms with Gasteiger partial charge in [-0.15, -0.1) is 0 Å². The molecule has 2 saturated heterocycles. The zero-order chi connectivity index (χ0) is 20.1. The topological polar surface area (TPSA) is 50.8 Å². The largest absolute Gasteiger partial charge is 0.494 e. The molecule has 1 unspecified atom stereocenters. The molecule has 2 aliphatic heterocycles. The van der Waals surface area contributed by atoms with E-state index in [1.807, 2.05) is 42.2 Å². The van der Waals surface area contributed by atoms with Crippen molar-refractivity contribution in [1.82, 2.24) is 10.2 Å². The highest BCUT2D eigenvalue weighted by Crippen LogP contribution is 2.36. The Kier molecular flexibility index (Phi) is 6.05. The summed E-state index contributed by atoms with van der Waals surface area (Å²) >= 11 is 0. The summed E-state index contributed by atoms with van der Waals surface area (Å²) in [7, 11) is 0. The first kappa shape index (κ1) is 19.8. The van der Waals surface area contributed by atoms with E-state index >= 15 is 0 Å². The molecule has 0 aromatic heterocycles. The smallest absolute Gasteiger partial charge is 0.317 e. The molecule has 4 rings (SSSR count). The van der Waals surface area contributed by atoms with Gasteiger partial charge in [0.15, 0.2) is 0 Å². The Labute approximate surface area is 173 Å². The Balaban J connectivity index is 1.44. The number of hydrogen-bond acceptors (Lipinski definition) is 3. The highest BCUT2D eigenvalue weighted by Gasteiger charge is 2.37. The monoisotopic (exact) mass is 394 g/mol. The first-order valence-electron chi connectivity index (χ1n) is 10.6. The van der Waals surface area contributed by atoms with E-state index in [1.54, 1.807) is 0 Å². The van der Waals surface area contributed by atoms with Gasteiger partial charge in [-0.2, -0.15) is 0 Å². The van der Waals surface area contributed by atoms with Gasteiger partial charge in [0, 0.05) is 31.7 Å². The molecule has 2 heterocycles. The van der Waals surface area contributed by atoms with Crippen LogP contribution in [-0.2, 0) is 10.2 Å². The number of likely N-dealkylation sites (tertiary alicyclic amines) is 1. The predicted octanol–water partition coefficient (Wildman–Crippen LogP) is 4.29. The summed E-state index contributed by atoms with van der Waals surface area (Å²) in [6, 6.07) is 18.8. The lowest BCUT2D eigenvalue weighted by atomic mass is 9.74. The van der Waals surface area contributed by atoms with Gasteiger partial charge >= 0.3 is 6.03 Å². The van der Waals surface area contributed by atoms with Crippen molar-refractivity contribution in [2.45, 2.75) is 37.6 Å². The number of benzene rings is 2. The fraction of sp³-hybridized carbons (Fsp3) is 0.458. The van der Waals surface area contributed by atoms with Crippen LogP contribution in [0.5, 0.6) is 5.75 Å². The molecule has 154 valence electrons. The van der Waals surface area contributed by atoms with Gasteiger partial charge in [0.2, 0.25) is 0 Å². The number of nitrogens with zero attached hydrogens (tertiary/aromatic N) is 1. The molecule has 0 spiro atoms. The molecule has 0 aliphatic carbocycles. The zero-order valence-corrected chi connectivity index (χ0v) is 17.1. The minimum Gasteiger partial charge on any atom is -0.494 e. The molecule has 29 heavy (non-hydrogen) atoms.